The van der Waals surface area contributed by atoms with Gasteiger partial charge in [0.15, 0.2) is 6.29 Å². The number of rotatable bonds is 9. The lowest BCUT2D eigenvalue weighted by Gasteiger charge is -2.27. The van der Waals surface area contributed by atoms with Gasteiger partial charge in [-0.15, -0.1) is 0 Å². The molecule has 0 spiro atoms. The van der Waals surface area contributed by atoms with E-state index in [4.69, 9.17) is 14.7 Å². The highest BCUT2D eigenvalue weighted by molar-refractivity contribution is 5.77. The van der Waals surface area contributed by atoms with E-state index in [1.807, 2.05) is 10.6 Å². The Morgan fingerprint density at radius 2 is 1.93 bits per heavy atom. The van der Waals surface area contributed by atoms with Crippen LogP contribution in [0.25, 0.3) is 22.3 Å². The number of hydrogen-bond donors (Lipinski definition) is 2. The molecule has 218 valence electrons. The molecule has 1 fully saturated rings. The zero-order valence-electron chi connectivity index (χ0n) is 22.7. The average molecular weight is 586 g/mol. The SMILES string of the molecule is N#Cc1ccc(COc2cccc(-c3cc(=O)n(Cc4nc5ccc(C(O)O)cc5n4C[C@@H]4CCO4)cc3F)n2)c(F)c1. The Bertz CT molecular complexity index is 1930. The Morgan fingerprint density at radius 3 is 2.65 bits per heavy atom. The lowest BCUT2D eigenvalue weighted by Crippen LogP contribution is -2.32. The fourth-order valence-electron chi connectivity index (χ4n) is 4.86. The van der Waals surface area contributed by atoms with Gasteiger partial charge in [0.2, 0.25) is 5.88 Å². The molecule has 43 heavy (non-hydrogen) atoms. The van der Waals surface area contributed by atoms with E-state index >= 15 is 4.39 Å². The van der Waals surface area contributed by atoms with E-state index < -0.39 is 23.5 Å². The van der Waals surface area contributed by atoms with Crippen LogP contribution in [0.1, 0.15) is 35.2 Å². The van der Waals surface area contributed by atoms with Gasteiger partial charge in [-0.3, -0.25) is 4.79 Å². The number of nitrogens with zero attached hydrogens (tertiary/aromatic N) is 5. The van der Waals surface area contributed by atoms with Crippen LogP contribution in [0, 0.1) is 23.0 Å². The van der Waals surface area contributed by atoms with Crippen molar-refractivity contribution in [1.82, 2.24) is 19.1 Å². The van der Waals surface area contributed by atoms with Gasteiger partial charge in [-0.05, 0) is 36.8 Å². The van der Waals surface area contributed by atoms with E-state index in [1.54, 1.807) is 24.3 Å². The Kier molecular flexibility index (Phi) is 7.69. The van der Waals surface area contributed by atoms with Gasteiger partial charge in [0, 0.05) is 41.6 Å². The average Bonchev–Trinajstić information content (AvgIpc) is 3.31. The molecule has 6 rings (SSSR count). The lowest BCUT2D eigenvalue weighted by molar-refractivity contribution is -0.0590. The minimum absolute atomic E-state index is 0.0331. The molecule has 1 saturated heterocycles. The van der Waals surface area contributed by atoms with E-state index in [0.717, 1.165) is 24.8 Å². The van der Waals surface area contributed by atoms with Gasteiger partial charge >= 0.3 is 0 Å². The summed E-state index contributed by atoms with van der Waals surface area (Å²) in [5.41, 5.74) is 1.56. The second kappa shape index (κ2) is 11.7. The van der Waals surface area contributed by atoms with Crippen LogP contribution >= 0.6 is 0 Å². The van der Waals surface area contributed by atoms with Crippen LogP contribution in [-0.2, 0) is 24.4 Å². The third-order valence-corrected chi connectivity index (χ3v) is 7.28. The molecule has 0 aliphatic carbocycles. The van der Waals surface area contributed by atoms with E-state index in [9.17, 15) is 19.4 Å². The molecule has 12 heteroatoms. The number of hydrogen-bond acceptors (Lipinski definition) is 8. The molecule has 1 aliphatic rings. The fraction of sp³-hybridized carbons (Fsp3) is 0.226. The summed E-state index contributed by atoms with van der Waals surface area (Å²) in [6.07, 6.45) is 0.229. The molecule has 1 aliphatic heterocycles. The predicted molar refractivity (Wildman–Crippen MR) is 150 cm³/mol. The van der Waals surface area contributed by atoms with Crippen molar-refractivity contribution in [3.05, 3.63) is 111 Å². The Hall–Kier alpha value is -4.96. The predicted octanol–water partition coefficient (Wildman–Crippen LogP) is 3.81. The van der Waals surface area contributed by atoms with E-state index in [-0.39, 0.29) is 47.5 Å². The fourth-order valence-corrected chi connectivity index (χ4v) is 4.86. The quantitative estimate of drug-likeness (QED) is 0.250. The van der Waals surface area contributed by atoms with Gasteiger partial charge in [-0.1, -0.05) is 18.2 Å². The molecule has 3 aromatic heterocycles. The zero-order chi connectivity index (χ0) is 30.1. The maximum absolute atomic E-state index is 15.4. The lowest BCUT2D eigenvalue weighted by atomic mass is 10.1. The summed E-state index contributed by atoms with van der Waals surface area (Å²) in [5.74, 6) is -0.708. The van der Waals surface area contributed by atoms with Gasteiger partial charge in [0.25, 0.3) is 5.56 Å². The minimum Gasteiger partial charge on any atom is -0.473 e. The highest BCUT2D eigenvalue weighted by Gasteiger charge is 2.23. The second-order valence-electron chi connectivity index (χ2n) is 10.1. The van der Waals surface area contributed by atoms with Crippen molar-refractivity contribution >= 4 is 11.0 Å². The van der Waals surface area contributed by atoms with Gasteiger partial charge in [-0.2, -0.15) is 5.26 Å². The number of nitriles is 1. The van der Waals surface area contributed by atoms with Crippen molar-refractivity contribution in [3.63, 3.8) is 0 Å². The van der Waals surface area contributed by atoms with Gasteiger partial charge in [0.1, 0.15) is 24.1 Å². The number of halogens is 2. The maximum Gasteiger partial charge on any atom is 0.251 e. The Morgan fingerprint density at radius 1 is 1.09 bits per heavy atom. The van der Waals surface area contributed by atoms with Gasteiger partial charge in [-0.25, -0.2) is 18.7 Å². The summed E-state index contributed by atoms with van der Waals surface area (Å²) in [7, 11) is 0. The summed E-state index contributed by atoms with van der Waals surface area (Å²) in [6, 6.07) is 16.5. The summed E-state index contributed by atoms with van der Waals surface area (Å²) >= 11 is 0. The first-order valence-electron chi connectivity index (χ1n) is 13.4. The molecule has 10 nitrogen and oxygen atoms in total. The molecule has 1 atom stereocenters. The molecule has 2 N–H and O–H groups in total. The number of aromatic nitrogens is 4. The van der Waals surface area contributed by atoms with Crippen LogP contribution in [0.2, 0.25) is 0 Å². The third kappa shape index (κ3) is 5.87. The summed E-state index contributed by atoms with van der Waals surface area (Å²) in [5, 5.41) is 28.2. The van der Waals surface area contributed by atoms with Crippen molar-refractivity contribution in [3.8, 4) is 23.2 Å². The zero-order valence-corrected chi connectivity index (χ0v) is 22.7. The standard InChI is InChI=1S/C31H25F2N5O5/c32-23-10-18(13-34)4-5-20(23)17-43-29-3-1-2-25(36-29)22-12-30(39)37(15-24(22)33)16-28-35-26-7-6-19(31(40)41)11-27(26)38(28)14-21-8-9-42-21/h1-7,10-12,15,21,31,40-41H,8-9,14,16-17H2/t21-/m0/s1. The number of imidazole rings is 1. The van der Waals surface area contributed by atoms with Crippen molar-refractivity contribution < 1.29 is 28.5 Å². The number of aliphatic hydroxyl groups is 2. The number of aliphatic hydroxyl groups excluding tert-OH is 1. The van der Waals surface area contributed by atoms with Gasteiger partial charge < -0.3 is 28.8 Å². The van der Waals surface area contributed by atoms with Gasteiger partial charge in [0.05, 0.1) is 47.6 Å². The summed E-state index contributed by atoms with van der Waals surface area (Å²) in [4.78, 5) is 22.1. The topological polar surface area (TPSA) is 135 Å². The number of ether oxygens (including phenoxy) is 2. The van der Waals surface area contributed by atoms with E-state index in [1.165, 1.54) is 28.8 Å². The third-order valence-electron chi connectivity index (χ3n) is 7.28. The maximum atomic E-state index is 15.4. The summed E-state index contributed by atoms with van der Waals surface area (Å²) in [6.45, 7) is 0.881. The van der Waals surface area contributed by atoms with E-state index in [0.29, 0.717) is 35.6 Å². The normalized spacial score (nSPS) is 14.6. The molecule has 5 aromatic rings. The van der Waals surface area contributed by atoms with Crippen LogP contribution in [0.15, 0.2) is 71.7 Å². The van der Waals surface area contributed by atoms with Crippen molar-refractivity contribution in [1.29, 1.82) is 5.26 Å². The highest BCUT2D eigenvalue weighted by Crippen LogP contribution is 2.26. The van der Waals surface area contributed by atoms with Crippen LogP contribution in [-0.4, -0.2) is 42.0 Å². The highest BCUT2D eigenvalue weighted by atomic mass is 19.1. The molecule has 0 bridgehead atoms. The Balaban J connectivity index is 1.26. The summed E-state index contributed by atoms with van der Waals surface area (Å²) < 4.78 is 43.9. The van der Waals surface area contributed by atoms with Crippen LogP contribution in [0.4, 0.5) is 8.78 Å². The van der Waals surface area contributed by atoms with Crippen LogP contribution in [0.3, 0.4) is 0 Å². The van der Waals surface area contributed by atoms with Crippen molar-refractivity contribution in [2.24, 2.45) is 0 Å². The second-order valence-corrected chi connectivity index (χ2v) is 10.1. The monoisotopic (exact) mass is 585 g/mol. The molecular formula is C31H25F2N5O5. The number of benzene rings is 2. The van der Waals surface area contributed by atoms with Crippen molar-refractivity contribution in [2.75, 3.05) is 6.61 Å². The number of fused-ring (bicyclic) bond motifs is 1. The molecule has 0 saturated carbocycles. The molecular weight excluding hydrogens is 560 g/mol. The molecule has 4 heterocycles. The largest absolute Gasteiger partial charge is 0.473 e. The first-order chi connectivity index (χ1) is 20.8. The molecule has 2 aromatic carbocycles. The van der Waals surface area contributed by atoms with Crippen molar-refractivity contribution in [2.45, 2.75) is 38.5 Å². The smallest absolute Gasteiger partial charge is 0.251 e. The first kappa shape index (κ1) is 28.2. The minimum atomic E-state index is -1.66. The van der Waals surface area contributed by atoms with E-state index in [2.05, 4.69) is 9.97 Å². The molecule has 0 radical (unpaired) electrons. The number of pyridine rings is 2. The molecule has 0 amide bonds. The van der Waals surface area contributed by atoms with Crippen LogP contribution < -0.4 is 10.3 Å². The molecule has 0 unspecified atom stereocenters. The first-order valence-corrected chi connectivity index (χ1v) is 13.4. The Labute approximate surface area is 243 Å². The van der Waals surface area contributed by atoms with Crippen LogP contribution in [0.5, 0.6) is 5.88 Å².